The van der Waals surface area contributed by atoms with Crippen LogP contribution in [-0.2, 0) is 18.1 Å². The Labute approximate surface area is 103 Å². The summed E-state index contributed by atoms with van der Waals surface area (Å²) < 4.78 is 23.5. The third kappa shape index (κ3) is 6.29. The van der Waals surface area contributed by atoms with E-state index in [1.165, 1.54) is 0 Å². The Morgan fingerprint density at radius 2 is 1.67 bits per heavy atom. The van der Waals surface area contributed by atoms with Crippen LogP contribution in [0.1, 0.15) is 13.8 Å². The fourth-order valence-corrected chi connectivity index (χ4v) is 2.15. The maximum atomic E-state index is 11.7. The summed E-state index contributed by atoms with van der Waals surface area (Å²) in [6, 6.07) is 0. The highest BCUT2D eigenvalue weighted by molar-refractivity contribution is 7.48. The Morgan fingerprint density at radius 1 is 1.27 bits per heavy atom. The number of aliphatic hydroxyl groups is 1. The van der Waals surface area contributed by atoms with E-state index in [1.54, 1.807) is 13.8 Å². The first-order chi connectivity index (χ1) is 6.75. The van der Waals surface area contributed by atoms with Gasteiger partial charge in [-0.05, 0) is 13.8 Å². The second-order valence-corrected chi connectivity index (χ2v) is 6.27. The summed E-state index contributed by atoms with van der Waals surface area (Å²) in [7, 11) is -3.88. The topological polar surface area (TPSA) is 65.0 Å². The number of hydrogen-bond donors (Lipinski definition) is 1. The molecule has 0 aliphatic rings. The van der Waals surface area contributed by atoms with E-state index in [0.717, 1.165) is 0 Å². The van der Waals surface area contributed by atoms with Crippen LogP contribution in [-0.4, -0.2) is 28.4 Å². The van der Waals surface area contributed by atoms with Gasteiger partial charge in [-0.3, -0.25) is 13.6 Å². The van der Waals surface area contributed by atoms with Crippen LogP contribution in [0.15, 0.2) is 0 Å². The zero-order valence-electron chi connectivity index (χ0n) is 8.15. The van der Waals surface area contributed by atoms with E-state index in [9.17, 15) is 9.67 Å². The lowest BCUT2D eigenvalue weighted by Crippen LogP contribution is -2.27. The van der Waals surface area contributed by atoms with Gasteiger partial charge in [-0.15, -0.1) is 0 Å². The molecule has 0 rings (SSSR count). The Bertz CT molecular complexity index is 221. The van der Waals surface area contributed by atoms with Crippen molar-refractivity contribution in [2.75, 3.05) is 13.2 Å². The normalized spacial score (nSPS) is 15.3. The summed E-state index contributed by atoms with van der Waals surface area (Å²) in [5, 5.41) is 9.22. The van der Waals surface area contributed by atoms with Crippen LogP contribution in [0.25, 0.3) is 0 Å². The molecule has 15 heavy (non-hydrogen) atoms. The molecule has 9 heteroatoms. The van der Waals surface area contributed by atoms with Crippen molar-refractivity contribution in [2.24, 2.45) is 0 Å². The van der Waals surface area contributed by atoms with Crippen LogP contribution in [0.5, 0.6) is 0 Å². The Hall–Kier alpha value is 0.940. The Morgan fingerprint density at radius 3 is 1.93 bits per heavy atom. The highest BCUT2D eigenvalue weighted by Gasteiger charge is 2.39. The molecule has 0 spiro atoms. The number of rotatable bonds is 6. The van der Waals surface area contributed by atoms with Crippen LogP contribution in [0.4, 0.5) is 0 Å². The average Bonchev–Trinajstić information content (AvgIpc) is 2.02. The molecule has 5 nitrogen and oxygen atoms in total. The van der Waals surface area contributed by atoms with Crippen LogP contribution in [0, 0.1) is 0 Å². The van der Waals surface area contributed by atoms with Crippen LogP contribution in [0.2, 0.25) is 0 Å². The van der Waals surface area contributed by atoms with Crippen LogP contribution in [0.3, 0.4) is 0 Å². The highest BCUT2D eigenvalue weighted by Crippen LogP contribution is 2.52. The Kier molecular flexibility index (Phi) is 7.04. The van der Waals surface area contributed by atoms with E-state index in [0.29, 0.717) is 0 Å². The summed E-state index contributed by atoms with van der Waals surface area (Å²) in [4.78, 5) is 0. The van der Waals surface area contributed by atoms with Crippen molar-refractivity contribution in [2.45, 2.75) is 23.9 Å². The van der Waals surface area contributed by atoms with Crippen molar-refractivity contribution in [1.29, 1.82) is 0 Å². The first-order valence-corrected chi connectivity index (χ1v) is 6.67. The lowest BCUT2D eigenvalue weighted by Gasteiger charge is -2.23. The van der Waals surface area contributed by atoms with Crippen molar-refractivity contribution in [3.8, 4) is 0 Å². The molecular weight excluding hydrogens is 289 g/mol. The van der Waals surface area contributed by atoms with Gasteiger partial charge in [-0.2, -0.15) is 0 Å². The van der Waals surface area contributed by atoms with E-state index < -0.39 is 17.9 Å². The van der Waals surface area contributed by atoms with E-state index in [-0.39, 0.29) is 13.2 Å². The van der Waals surface area contributed by atoms with Crippen molar-refractivity contribution in [3.05, 3.63) is 0 Å². The molecule has 92 valence electrons. The molecule has 0 saturated carbocycles. The van der Waals surface area contributed by atoms with Gasteiger partial charge in [0.1, 0.15) is 0 Å². The molecule has 1 atom stereocenters. The van der Waals surface area contributed by atoms with Gasteiger partial charge >= 0.3 is 7.82 Å². The minimum atomic E-state index is -3.88. The number of hydrogen-bond acceptors (Lipinski definition) is 5. The predicted molar refractivity (Wildman–Crippen MR) is 58.2 cm³/mol. The second kappa shape index (κ2) is 6.62. The van der Waals surface area contributed by atoms with Gasteiger partial charge < -0.3 is 5.11 Å². The minimum Gasteiger partial charge on any atom is -0.364 e. The highest BCUT2D eigenvalue weighted by atomic mass is 35.6. The van der Waals surface area contributed by atoms with E-state index >= 15 is 0 Å². The number of halogens is 3. The van der Waals surface area contributed by atoms with Gasteiger partial charge in [0.05, 0.1) is 13.2 Å². The maximum Gasteiger partial charge on any atom is 0.477 e. The maximum absolute atomic E-state index is 11.7. The monoisotopic (exact) mass is 300 g/mol. The van der Waals surface area contributed by atoms with Crippen molar-refractivity contribution in [3.63, 3.8) is 0 Å². The van der Waals surface area contributed by atoms with Gasteiger partial charge in [-0.25, -0.2) is 4.57 Å². The molecule has 0 amide bonds. The average molecular weight is 301 g/mol. The molecule has 0 aliphatic heterocycles. The lowest BCUT2D eigenvalue weighted by atomic mass is 10.8. The van der Waals surface area contributed by atoms with E-state index in [4.69, 9.17) is 43.9 Å². The molecule has 0 saturated heterocycles. The molecule has 1 N–H and O–H groups in total. The van der Waals surface area contributed by atoms with Crippen molar-refractivity contribution < 1.29 is 23.2 Å². The van der Waals surface area contributed by atoms with Gasteiger partial charge in [0.2, 0.25) is 10.1 Å². The van der Waals surface area contributed by atoms with Gasteiger partial charge in [0, 0.05) is 0 Å². The molecule has 0 unspecified atom stereocenters. The summed E-state index contributed by atoms with van der Waals surface area (Å²) in [6.45, 7) is 3.31. The summed E-state index contributed by atoms with van der Waals surface area (Å²) in [5.74, 6) is 0. The fourth-order valence-electron chi connectivity index (χ4n) is 0.596. The summed E-state index contributed by atoms with van der Waals surface area (Å²) in [6.07, 6.45) is -1.90. The lowest BCUT2D eigenvalue weighted by molar-refractivity contribution is -0.0438. The zero-order valence-corrected chi connectivity index (χ0v) is 11.3. The molecule has 0 aromatic carbocycles. The first-order valence-electron chi connectivity index (χ1n) is 4.07. The molecular formula is C6H12Cl3O5P. The fraction of sp³-hybridized carbons (Fsp3) is 1.00. The van der Waals surface area contributed by atoms with E-state index in [1.807, 2.05) is 0 Å². The molecule has 0 bridgehead atoms. The molecule has 0 aromatic heterocycles. The summed E-state index contributed by atoms with van der Waals surface area (Å²) >= 11 is 15.9. The first kappa shape index (κ1) is 15.9. The number of alkyl halides is 3. The largest absolute Gasteiger partial charge is 0.477 e. The third-order valence-electron chi connectivity index (χ3n) is 1.08. The van der Waals surface area contributed by atoms with Crippen molar-refractivity contribution >= 4 is 42.6 Å². The number of phosphoric acid groups is 1. The molecule has 0 radical (unpaired) electrons. The Balaban J connectivity index is 4.48. The quantitative estimate of drug-likeness (QED) is 0.464. The number of phosphoric ester groups is 1. The summed E-state index contributed by atoms with van der Waals surface area (Å²) in [5.41, 5.74) is 0. The SMILES string of the molecule is CCOP(=O)(OCC)O[C@@H](O)C(Cl)(Cl)Cl. The second-order valence-electron chi connectivity index (χ2n) is 2.28. The van der Waals surface area contributed by atoms with Gasteiger partial charge in [-0.1, -0.05) is 34.8 Å². The molecule has 0 aromatic rings. The third-order valence-corrected chi connectivity index (χ3v) is 3.25. The predicted octanol–water partition coefficient (Wildman–Crippen LogP) is 2.87. The van der Waals surface area contributed by atoms with Crippen LogP contribution >= 0.6 is 42.6 Å². The minimum absolute atomic E-state index is 0.0733. The van der Waals surface area contributed by atoms with Crippen molar-refractivity contribution in [1.82, 2.24) is 0 Å². The van der Waals surface area contributed by atoms with Gasteiger partial charge in [0.15, 0.2) is 0 Å². The molecule has 0 heterocycles. The van der Waals surface area contributed by atoms with Gasteiger partial charge in [0.25, 0.3) is 0 Å². The molecule has 0 fully saturated rings. The number of aliphatic hydroxyl groups excluding tert-OH is 1. The smallest absolute Gasteiger partial charge is 0.364 e. The standard InChI is InChI=1S/C6H12Cl3O5P/c1-3-12-15(11,13-4-2)14-5(10)6(7,8)9/h5,10H,3-4H2,1-2H3/t5-/m1/s1. The zero-order chi connectivity index (χ0) is 12.1. The van der Waals surface area contributed by atoms with E-state index in [2.05, 4.69) is 4.52 Å². The molecule has 0 aliphatic carbocycles. The van der Waals surface area contributed by atoms with Crippen LogP contribution < -0.4 is 0 Å².